The number of rotatable bonds is 23. The van der Waals surface area contributed by atoms with Crippen molar-refractivity contribution in [3.05, 3.63) is 0 Å². The molecule has 0 aromatic carbocycles. The zero-order valence-electron chi connectivity index (χ0n) is 17.5. The van der Waals surface area contributed by atoms with E-state index in [2.05, 4.69) is 13.8 Å². The van der Waals surface area contributed by atoms with Gasteiger partial charge in [0.25, 0.3) is 0 Å². The van der Waals surface area contributed by atoms with Crippen molar-refractivity contribution in [2.75, 3.05) is 66.1 Å². The van der Waals surface area contributed by atoms with Gasteiger partial charge in [-0.25, -0.2) is 0 Å². The molecule has 0 aromatic heterocycles. The smallest absolute Gasteiger partial charge is 0.0701 e. The first-order chi connectivity index (χ1) is 12.9. The van der Waals surface area contributed by atoms with Crippen molar-refractivity contribution in [3.63, 3.8) is 0 Å². The predicted molar refractivity (Wildman–Crippen MR) is 107 cm³/mol. The molecule has 0 spiro atoms. The first-order valence-corrected chi connectivity index (χ1v) is 10.8. The first-order valence-electron chi connectivity index (χ1n) is 10.8. The van der Waals surface area contributed by atoms with Gasteiger partial charge in [-0.3, -0.25) is 0 Å². The van der Waals surface area contributed by atoms with Crippen molar-refractivity contribution in [1.82, 2.24) is 0 Å². The minimum absolute atomic E-state index is 0.605. The Balaban J connectivity index is 2.95. The molecule has 0 saturated heterocycles. The lowest BCUT2D eigenvalue weighted by Crippen LogP contribution is -2.13. The summed E-state index contributed by atoms with van der Waals surface area (Å²) in [6.07, 6.45) is 11.4. The molecule has 0 atom stereocenters. The van der Waals surface area contributed by atoms with Gasteiger partial charge in [0.2, 0.25) is 0 Å². The minimum atomic E-state index is 0.605. The highest BCUT2D eigenvalue weighted by Crippen LogP contribution is 2.02. The normalized spacial score (nSPS) is 11.3. The molecule has 0 heterocycles. The summed E-state index contributed by atoms with van der Waals surface area (Å²) >= 11 is 0. The van der Waals surface area contributed by atoms with E-state index in [0.717, 1.165) is 26.1 Å². The fraction of sp³-hybridized carbons (Fsp3) is 1.00. The van der Waals surface area contributed by atoms with Gasteiger partial charge in [0, 0.05) is 13.2 Å². The van der Waals surface area contributed by atoms with Gasteiger partial charge >= 0.3 is 0 Å². The van der Waals surface area contributed by atoms with E-state index in [1.54, 1.807) is 0 Å². The second-order valence-electron chi connectivity index (χ2n) is 6.54. The number of unbranched alkanes of at least 4 members (excludes halogenated alkanes) is 7. The largest absolute Gasteiger partial charge is 0.379 e. The van der Waals surface area contributed by atoms with E-state index in [1.807, 2.05) is 0 Å². The van der Waals surface area contributed by atoms with Crippen LogP contribution < -0.4 is 0 Å². The van der Waals surface area contributed by atoms with E-state index in [4.69, 9.17) is 23.7 Å². The summed E-state index contributed by atoms with van der Waals surface area (Å²) in [5.74, 6) is 0. The molecule has 0 amide bonds. The quantitative estimate of drug-likeness (QED) is 0.244. The monoisotopic (exact) mass is 376 g/mol. The molecule has 158 valence electrons. The highest BCUT2D eigenvalue weighted by molar-refractivity contribution is 4.42. The molecule has 0 saturated carbocycles. The molecular formula is C21H44O5. The van der Waals surface area contributed by atoms with Crippen LogP contribution in [0.4, 0.5) is 0 Å². The van der Waals surface area contributed by atoms with Gasteiger partial charge in [0.15, 0.2) is 0 Å². The van der Waals surface area contributed by atoms with Gasteiger partial charge in [0.1, 0.15) is 0 Å². The van der Waals surface area contributed by atoms with E-state index in [1.165, 1.54) is 44.9 Å². The van der Waals surface area contributed by atoms with Gasteiger partial charge in [-0.1, -0.05) is 58.8 Å². The molecule has 0 bridgehead atoms. The van der Waals surface area contributed by atoms with Crippen LogP contribution in [0, 0.1) is 0 Å². The van der Waals surface area contributed by atoms with E-state index >= 15 is 0 Å². The van der Waals surface area contributed by atoms with E-state index in [-0.39, 0.29) is 0 Å². The van der Waals surface area contributed by atoms with Gasteiger partial charge in [-0.2, -0.15) is 0 Å². The average molecular weight is 377 g/mol. The van der Waals surface area contributed by atoms with Crippen LogP contribution in [0.15, 0.2) is 0 Å². The molecule has 0 radical (unpaired) electrons. The third kappa shape index (κ3) is 23.8. The van der Waals surface area contributed by atoms with E-state index in [0.29, 0.717) is 52.9 Å². The van der Waals surface area contributed by atoms with Crippen LogP contribution in [0.5, 0.6) is 0 Å². The zero-order chi connectivity index (χ0) is 19.0. The molecule has 0 rings (SSSR count). The Morgan fingerprint density at radius 2 is 0.577 bits per heavy atom. The second kappa shape index (κ2) is 24.8. The number of hydrogen-bond acceptors (Lipinski definition) is 5. The van der Waals surface area contributed by atoms with Crippen LogP contribution in [0.2, 0.25) is 0 Å². The molecular weight excluding hydrogens is 332 g/mol. The van der Waals surface area contributed by atoms with Crippen molar-refractivity contribution in [1.29, 1.82) is 0 Å². The summed E-state index contributed by atoms with van der Waals surface area (Å²) in [4.78, 5) is 0. The molecule has 0 fully saturated rings. The summed E-state index contributed by atoms with van der Waals surface area (Å²) in [7, 11) is 0. The fourth-order valence-corrected chi connectivity index (χ4v) is 2.42. The molecule has 0 unspecified atom stereocenters. The summed E-state index contributed by atoms with van der Waals surface area (Å²) in [5, 5.41) is 0. The molecule has 26 heavy (non-hydrogen) atoms. The summed E-state index contributed by atoms with van der Waals surface area (Å²) in [6.45, 7) is 11.2. The molecule has 5 heteroatoms. The van der Waals surface area contributed by atoms with E-state index < -0.39 is 0 Å². The standard InChI is InChI=1S/C21H44O5/c1-3-5-7-9-11-13-23-15-17-25-19-21-26-20-18-24-16-14-22-12-10-8-6-4-2/h3-21H2,1-2H3. The highest BCUT2D eigenvalue weighted by Gasteiger charge is 1.94. The van der Waals surface area contributed by atoms with Gasteiger partial charge in [-0.15, -0.1) is 0 Å². The molecule has 0 aromatic rings. The van der Waals surface area contributed by atoms with Crippen LogP contribution in [-0.4, -0.2) is 66.1 Å². The van der Waals surface area contributed by atoms with Crippen molar-refractivity contribution in [2.24, 2.45) is 0 Å². The van der Waals surface area contributed by atoms with Gasteiger partial charge in [0.05, 0.1) is 52.9 Å². The van der Waals surface area contributed by atoms with Crippen molar-refractivity contribution in [3.8, 4) is 0 Å². The minimum Gasteiger partial charge on any atom is -0.379 e. The molecule has 0 N–H and O–H groups in total. The van der Waals surface area contributed by atoms with E-state index in [9.17, 15) is 0 Å². The van der Waals surface area contributed by atoms with Crippen molar-refractivity contribution < 1.29 is 23.7 Å². The van der Waals surface area contributed by atoms with Crippen LogP contribution in [0.3, 0.4) is 0 Å². The topological polar surface area (TPSA) is 46.2 Å². The molecule has 0 aliphatic carbocycles. The lowest BCUT2D eigenvalue weighted by molar-refractivity contribution is -0.0114. The maximum absolute atomic E-state index is 5.54. The van der Waals surface area contributed by atoms with Crippen LogP contribution in [0.25, 0.3) is 0 Å². The SMILES string of the molecule is CCCCCCCOCCOCCOCCOCCOCCCCCC. The van der Waals surface area contributed by atoms with Crippen LogP contribution >= 0.6 is 0 Å². The summed E-state index contributed by atoms with van der Waals surface area (Å²) in [6, 6.07) is 0. The Bertz CT molecular complexity index is 214. The molecule has 0 aliphatic heterocycles. The lowest BCUT2D eigenvalue weighted by atomic mass is 10.2. The first kappa shape index (κ1) is 25.8. The average Bonchev–Trinajstić information content (AvgIpc) is 2.66. The summed E-state index contributed by atoms with van der Waals surface area (Å²) < 4.78 is 27.4. The lowest BCUT2D eigenvalue weighted by Gasteiger charge is -2.08. The third-order valence-corrected chi connectivity index (χ3v) is 4.02. The van der Waals surface area contributed by atoms with Crippen LogP contribution in [0.1, 0.15) is 71.6 Å². The Morgan fingerprint density at radius 1 is 0.308 bits per heavy atom. The maximum Gasteiger partial charge on any atom is 0.0701 e. The Morgan fingerprint density at radius 3 is 0.923 bits per heavy atom. The Kier molecular flexibility index (Phi) is 24.6. The van der Waals surface area contributed by atoms with Crippen molar-refractivity contribution in [2.45, 2.75) is 71.6 Å². The van der Waals surface area contributed by atoms with Gasteiger partial charge < -0.3 is 23.7 Å². The Hall–Kier alpha value is -0.200. The summed E-state index contributed by atoms with van der Waals surface area (Å²) in [5.41, 5.74) is 0. The van der Waals surface area contributed by atoms with Crippen LogP contribution in [-0.2, 0) is 23.7 Å². The third-order valence-electron chi connectivity index (χ3n) is 4.02. The highest BCUT2D eigenvalue weighted by atomic mass is 16.6. The predicted octanol–water partition coefficient (Wildman–Crippen LogP) is 4.62. The fourth-order valence-electron chi connectivity index (χ4n) is 2.42. The zero-order valence-corrected chi connectivity index (χ0v) is 17.5. The second-order valence-corrected chi connectivity index (χ2v) is 6.54. The molecule has 5 nitrogen and oxygen atoms in total. The number of hydrogen-bond donors (Lipinski definition) is 0. The molecule has 0 aliphatic rings. The number of ether oxygens (including phenoxy) is 5. The maximum atomic E-state index is 5.54. The van der Waals surface area contributed by atoms with Gasteiger partial charge in [-0.05, 0) is 12.8 Å². The Labute approximate surface area is 162 Å². The van der Waals surface area contributed by atoms with Crippen molar-refractivity contribution >= 4 is 0 Å².